The van der Waals surface area contributed by atoms with Crippen LogP contribution >= 0.6 is 12.2 Å². The molecule has 0 saturated heterocycles. The first kappa shape index (κ1) is 10.4. The van der Waals surface area contributed by atoms with Gasteiger partial charge in [0, 0.05) is 0 Å². The third-order valence-electron chi connectivity index (χ3n) is 1.45. The number of hydrogen-bond donors (Lipinski definition) is 3. The zero-order valence-electron chi connectivity index (χ0n) is 7.56. The van der Waals surface area contributed by atoms with Gasteiger partial charge in [0.25, 0.3) is 0 Å². The molecule has 0 unspecified atom stereocenters. The van der Waals surface area contributed by atoms with Crippen molar-refractivity contribution < 1.29 is 5.11 Å². The van der Waals surface area contributed by atoms with Crippen LogP contribution in [-0.4, -0.2) is 20.9 Å². The van der Waals surface area contributed by atoms with E-state index in [9.17, 15) is 0 Å². The lowest BCUT2D eigenvalue weighted by atomic mass is 10.2. The van der Waals surface area contributed by atoms with Gasteiger partial charge < -0.3 is 10.8 Å². The van der Waals surface area contributed by atoms with Crippen LogP contribution in [-0.2, 0) is 0 Å². The van der Waals surface area contributed by atoms with E-state index in [0.717, 1.165) is 0 Å². The molecule has 0 radical (unpaired) electrons. The number of nitrogens with zero attached hydrogens (tertiary/aromatic N) is 2. The highest BCUT2D eigenvalue weighted by Gasteiger charge is 1.98. The Morgan fingerprint density at radius 3 is 2.86 bits per heavy atom. The minimum atomic E-state index is 0.100. The van der Waals surface area contributed by atoms with Gasteiger partial charge in [-0.3, -0.25) is 10.4 Å². The number of hydrogen-bond acceptors (Lipinski definition) is 4. The third kappa shape index (κ3) is 2.98. The molecule has 1 aromatic heterocycles. The second-order valence-electron chi connectivity index (χ2n) is 2.57. The summed E-state index contributed by atoms with van der Waals surface area (Å²) in [5.41, 5.74) is 8.93. The predicted molar refractivity (Wildman–Crippen MR) is 58.0 cm³/mol. The molecule has 1 aromatic rings. The first-order valence-corrected chi connectivity index (χ1v) is 4.25. The van der Waals surface area contributed by atoms with Crippen molar-refractivity contribution >= 4 is 23.0 Å². The van der Waals surface area contributed by atoms with E-state index in [2.05, 4.69) is 27.7 Å². The summed E-state index contributed by atoms with van der Waals surface area (Å²) in [5.74, 6) is 0.115. The lowest BCUT2D eigenvalue weighted by Gasteiger charge is -2.00. The van der Waals surface area contributed by atoms with Crippen LogP contribution < -0.4 is 11.2 Å². The smallest absolute Gasteiger partial charge is 0.184 e. The Morgan fingerprint density at radius 2 is 2.36 bits per heavy atom. The minimum absolute atomic E-state index is 0.100. The van der Waals surface area contributed by atoms with Crippen LogP contribution in [0, 0.1) is 0 Å². The van der Waals surface area contributed by atoms with Crippen molar-refractivity contribution in [2.24, 2.45) is 10.8 Å². The summed E-state index contributed by atoms with van der Waals surface area (Å²) in [7, 11) is 0. The average Bonchev–Trinajstić information content (AvgIpc) is 2.15. The SMILES string of the molecule is C/C(=N\NC(N)=S)c1ccc(O)cn1. The Morgan fingerprint density at radius 1 is 1.64 bits per heavy atom. The normalized spacial score (nSPS) is 11.1. The van der Waals surface area contributed by atoms with E-state index >= 15 is 0 Å². The molecule has 6 heteroatoms. The van der Waals surface area contributed by atoms with Gasteiger partial charge in [-0.15, -0.1) is 0 Å². The molecule has 0 saturated carbocycles. The molecule has 1 rings (SSSR count). The van der Waals surface area contributed by atoms with Crippen molar-refractivity contribution in [2.75, 3.05) is 0 Å². The van der Waals surface area contributed by atoms with Crippen LogP contribution in [0.15, 0.2) is 23.4 Å². The second kappa shape index (κ2) is 4.52. The van der Waals surface area contributed by atoms with Gasteiger partial charge in [0.05, 0.1) is 17.6 Å². The van der Waals surface area contributed by atoms with Crippen molar-refractivity contribution in [1.29, 1.82) is 0 Å². The number of aromatic hydroxyl groups is 1. The highest BCUT2D eigenvalue weighted by molar-refractivity contribution is 7.80. The van der Waals surface area contributed by atoms with Crippen LogP contribution in [0.5, 0.6) is 5.75 Å². The molecule has 0 bridgehead atoms. The van der Waals surface area contributed by atoms with Crippen molar-refractivity contribution in [3.63, 3.8) is 0 Å². The van der Waals surface area contributed by atoms with Gasteiger partial charge >= 0.3 is 0 Å². The van der Waals surface area contributed by atoms with Gasteiger partial charge in [0.15, 0.2) is 5.11 Å². The van der Waals surface area contributed by atoms with Gasteiger partial charge in [-0.25, -0.2) is 0 Å². The standard InChI is InChI=1S/C8H10N4OS/c1-5(11-12-8(9)14)7-3-2-6(13)4-10-7/h2-4,13H,1H3,(H3,9,12,14)/b11-5+. The Kier molecular flexibility index (Phi) is 3.35. The van der Waals surface area contributed by atoms with Gasteiger partial charge in [0.2, 0.25) is 0 Å². The molecule has 0 aliphatic rings. The van der Waals surface area contributed by atoms with Crippen LogP contribution in [0.2, 0.25) is 0 Å². The third-order valence-corrected chi connectivity index (χ3v) is 1.54. The zero-order valence-corrected chi connectivity index (χ0v) is 8.38. The average molecular weight is 210 g/mol. The number of rotatable bonds is 2. The maximum atomic E-state index is 9.00. The van der Waals surface area contributed by atoms with Gasteiger partial charge in [0.1, 0.15) is 5.75 Å². The molecule has 1 heterocycles. The maximum absolute atomic E-state index is 9.00. The van der Waals surface area contributed by atoms with Crippen molar-refractivity contribution in [3.05, 3.63) is 24.0 Å². The number of thiocarbonyl (C=S) groups is 1. The predicted octanol–water partition coefficient (Wildman–Crippen LogP) is 0.344. The van der Waals surface area contributed by atoms with E-state index < -0.39 is 0 Å². The van der Waals surface area contributed by atoms with Gasteiger partial charge in [-0.1, -0.05) is 0 Å². The molecule has 14 heavy (non-hydrogen) atoms. The van der Waals surface area contributed by atoms with Crippen molar-refractivity contribution in [2.45, 2.75) is 6.92 Å². The molecule has 74 valence electrons. The first-order chi connectivity index (χ1) is 6.59. The highest BCUT2D eigenvalue weighted by atomic mass is 32.1. The van der Waals surface area contributed by atoms with Crippen LogP contribution in [0.1, 0.15) is 12.6 Å². The summed E-state index contributed by atoms with van der Waals surface area (Å²) in [6.45, 7) is 1.75. The topological polar surface area (TPSA) is 83.5 Å². The van der Waals surface area contributed by atoms with E-state index in [-0.39, 0.29) is 10.9 Å². The molecule has 0 aliphatic heterocycles. The number of nitrogens with one attached hydrogen (secondary N) is 1. The molecule has 0 atom stereocenters. The summed E-state index contributed by atoms with van der Waals surface area (Å²) < 4.78 is 0. The summed E-state index contributed by atoms with van der Waals surface area (Å²) in [6, 6.07) is 3.18. The molecule has 5 nitrogen and oxygen atoms in total. The van der Waals surface area contributed by atoms with E-state index in [1.54, 1.807) is 13.0 Å². The number of hydrazone groups is 1. The minimum Gasteiger partial charge on any atom is -0.506 e. The monoisotopic (exact) mass is 210 g/mol. The summed E-state index contributed by atoms with van der Waals surface area (Å²) in [4.78, 5) is 3.95. The molecular formula is C8H10N4OS. The molecule has 4 N–H and O–H groups in total. The van der Waals surface area contributed by atoms with E-state index in [1.165, 1.54) is 12.3 Å². The largest absolute Gasteiger partial charge is 0.506 e. The van der Waals surface area contributed by atoms with E-state index in [1.807, 2.05) is 0 Å². The number of nitrogens with two attached hydrogens (primary N) is 1. The van der Waals surface area contributed by atoms with Gasteiger partial charge in [-0.05, 0) is 31.3 Å². The Labute approximate surface area is 86.7 Å². The lowest BCUT2D eigenvalue weighted by Crippen LogP contribution is -2.25. The quantitative estimate of drug-likeness (QED) is 0.372. The fraction of sp³-hybridized carbons (Fsp3) is 0.125. The zero-order chi connectivity index (χ0) is 10.6. The fourth-order valence-corrected chi connectivity index (χ4v) is 0.842. The highest BCUT2D eigenvalue weighted by Crippen LogP contribution is 2.06. The lowest BCUT2D eigenvalue weighted by molar-refractivity contribution is 0.472. The van der Waals surface area contributed by atoms with Crippen LogP contribution in [0.4, 0.5) is 0 Å². The first-order valence-electron chi connectivity index (χ1n) is 3.84. The Hall–Kier alpha value is -1.69. The molecular weight excluding hydrogens is 200 g/mol. The summed E-state index contributed by atoms with van der Waals surface area (Å²) in [5, 5.41) is 13.0. The number of pyridine rings is 1. The van der Waals surface area contributed by atoms with Crippen LogP contribution in [0.25, 0.3) is 0 Å². The van der Waals surface area contributed by atoms with E-state index in [4.69, 9.17) is 10.8 Å². The maximum Gasteiger partial charge on any atom is 0.184 e. The van der Waals surface area contributed by atoms with Crippen molar-refractivity contribution in [1.82, 2.24) is 10.4 Å². The summed E-state index contributed by atoms with van der Waals surface area (Å²) >= 11 is 4.58. The van der Waals surface area contributed by atoms with Gasteiger partial charge in [-0.2, -0.15) is 5.10 Å². The molecule has 0 amide bonds. The number of aromatic nitrogens is 1. The Bertz CT molecular complexity index is 360. The Balaban J connectivity index is 2.78. The van der Waals surface area contributed by atoms with Crippen molar-refractivity contribution in [3.8, 4) is 5.75 Å². The van der Waals surface area contributed by atoms with Crippen LogP contribution in [0.3, 0.4) is 0 Å². The van der Waals surface area contributed by atoms with E-state index in [0.29, 0.717) is 11.4 Å². The second-order valence-corrected chi connectivity index (χ2v) is 3.01. The molecule has 0 aliphatic carbocycles. The molecule has 0 fully saturated rings. The fourth-order valence-electron chi connectivity index (χ4n) is 0.796. The molecule has 0 spiro atoms. The summed E-state index contributed by atoms with van der Waals surface area (Å²) in [6.07, 6.45) is 1.34. The molecule has 0 aromatic carbocycles.